The topological polar surface area (TPSA) is 111 Å². The van der Waals surface area contributed by atoms with E-state index in [0.29, 0.717) is 24.7 Å². The molecule has 1 aromatic heterocycles. The minimum absolute atomic E-state index is 0.0611. The maximum absolute atomic E-state index is 13.7. The van der Waals surface area contributed by atoms with Crippen LogP contribution in [0.25, 0.3) is 11.0 Å². The quantitative estimate of drug-likeness (QED) is 0.425. The van der Waals surface area contributed by atoms with Crippen molar-refractivity contribution in [2.75, 3.05) is 39.9 Å². The summed E-state index contributed by atoms with van der Waals surface area (Å²) in [6.07, 6.45) is 2.65. The molecule has 5 rings (SSSR count). The van der Waals surface area contributed by atoms with Crippen molar-refractivity contribution >= 4 is 38.6 Å². The number of rotatable bonds is 8. The molecule has 11 heteroatoms. The Labute approximate surface area is 228 Å². The molecule has 3 aromatic rings. The van der Waals surface area contributed by atoms with Crippen LogP contribution < -0.4 is 5.73 Å². The van der Waals surface area contributed by atoms with Crippen LogP contribution in [0.3, 0.4) is 0 Å². The van der Waals surface area contributed by atoms with Gasteiger partial charge < -0.3 is 19.9 Å². The smallest absolute Gasteiger partial charge is 0.243 e. The van der Waals surface area contributed by atoms with Gasteiger partial charge in [0.2, 0.25) is 15.9 Å². The second kappa shape index (κ2) is 11.3. The Morgan fingerprint density at radius 3 is 2.76 bits per heavy atom. The number of amides is 1. The van der Waals surface area contributed by atoms with Gasteiger partial charge in [-0.3, -0.25) is 4.79 Å². The van der Waals surface area contributed by atoms with Crippen LogP contribution >= 0.6 is 11.6 Å². The summed E-state index contributed by atoms with van der Waals surface area (Å²) in [7, 11) is -2.10. The number of nitrogens with two attached hydrogens (primary N) is 1. The van der Waals surface area contributed by atoms with E-state index >= 15 is 0 Å². The molecule has 1 amide bonds. The fraction of sp³-hybridized carbons (Fsp3) is 0.481. The van der Waals surface area contributed by atoms with E-state index in [4.69, 9.17) is 27.1 Å². The standard InChI is InChI=1S/C27H34ClN5O4S/c1-37-14-6-13-33-25-11-3-2-10-24(25)30-26(33)19-7-5-12-31(16-19)27(34)22-17-32(18-23(22)29)38(35,36)21-9-4-8-20(28)15-21/h2-4,8-11,15,19,22-23H,5-7,12-14,16-18,29H2,1H3/t19?,22-,23-/m1/s1. The number of aromatic nitrogens is 2. The van der Waals surface area contributed by atoms with Gasteiger partial charge >= 0.3 is 0 Å². The lowest BCUT2D eigenvalue weighted by atomic mass is 9.94. The minimum Gasteiger partial charge on any atom is -0.385 e. The van der Waals surface area contributed by atoms with Crippen molar-refractivity contribution in [3.05, 3.63) is 59.4 Å². The van der Waals surface area contributed by atoms with E-state index in [9.17, 15) is 13.2 Å². The van der Waals surface area contributed by atoms with Crippen molar-refractivity contribution in [2.24, 2.45) is 11.7 Å². The first-order valence-electron chi connectivity index (χ1n) is 13.0. The molecule has 2 aromatic carbocycles. The highest BCUT2D eigenvalue weighted by atomic mass is 35.5. The normalized spacial score (nSPS) is 22.8. The van der Waals surface area contributed by atoms with Crippen molar-refractivity contribution in [1.29, 1.82) is 0 Å². The largest absolute Gasteiger partial charge is 0.385 e. The summed E-state index contributed by atoms with van der Waals surface area (Å²) in [6.45, 7) is 2.77. The molecule has 0 bridgehead atoms. The summed E-state index contributed by atoms with van der Waals surface area (Å²) in [4.78, 5) is 20.6. The molecule has 0 spiro atoms. The van der Waals surface area contributed by atoms with E-state index in [2.05, 4.69) is 10.6 Å². The first kappa shape index (κ1) is 27.1. The summed E-state index contributed by atoms with van der Waals surface area (Å²) in [5.74, 6) is 0.392. The van der Waals surface area contributed by atoms with Gasteiger partial charge in [0.25, 0.3) is 0 Å². The summed E-state index contributed by atoms with van der Waals surface area (Å²) < 4.78 is 35.3. The number of hydrogen-bond donors (Lipinski definition) is 1. The van der Waals surface area contributed by atoms with Gasteiger partial charge in [-0.2, -0.15) is 4.31 Å². The van der Waals surface area contributed by atoms with Gasteiger partial charge in [0.05, 0.1) is 21.8 Å². The first-order chi connectivity index (χ1) is 18.3. The Balaban J connectivity index is 1.33. The van der Waals surface area contributed by atoms with Gasteiger partial charge in [-0.05, 0) is 49.6 Å². The lowest BCUT2D eigenvalue weighted by Crippen LogP contribution is -2.47. The Morgan fingerprint density at radius 1 is 1.16 bits per heavy atom. The summed E-state index contributed by atoms with van der Waals surface area (Å²) in [5.41, 5.74) is 8.39. The highest BCUT2D eigenvalue weighted by molar-refractivity contribution is 7.89. The molecule has 3 heterocycles. The van der Waals surface area contributed by atoms with E-state index < -0.39 is 22.0 Å². The molecule has 0 aliphatic carbocycles. The number of benzene rings is 2. The number of sulfonamides is 1. The third-order valence-electron chi connectivity index (χ3n) is 7.60. The van der Waals surface area contributed by atoms with E-state index in [1.54, 1.807) is 19.2 Å². The molecule has 1 unspecified atom stereocenters. The van der Waals surface area contributed by atoms with Crippen LogP contribution in [-0.2, 0) is 26.1 Å². The Hall–Kier alpha value is -2.50. The number of para-hydroxylation sites is 2. The number of fused-ring (bicyclic) bond motifs is 1. The number of ether oxygens (including phenoxy) is 1. The predicted molar refractivity (Wildman–Crippen MR) is 146 cm³/mol. The first-order valence-corrected chi connectivity index (χ1v) is 14.9. The minimum atomic E-state index is -3.80. The lowest BCUT2D eigenvalue weighted by Gasteiger charge is -2.35. The zero-order chi connectivity index (χ0) is 26.9. The third-order valence-corrected chi connectivity index (χ3v) is 9.66. The maximum atomic E-state index is 13.7. The maximum Gasteiger partial charge on any atom is 0.243 e. The highest BCUT2D eigenvalue weighted by Gasteiger charge is 2.43. The average molecular weight is 560 g/mol. The molecule has 3 atom stereocenters. The van der Waals surface area contributed by atoms with Gasteiger partial charge in [0, 0.05) is 63.4 Å². The van der Waals surface area contributed by atoms with Crippen LogP contribution in [0.5, 0.6) is 0 Å². The van der Waals surface area contributed by atoms with Gasteiger partial charge in [0.1, 0.15) is 5.82 Å². The van der Waals surface area contributed by atoms with Gasteiger partial charge in [-0.1, -0.05) is 29.8 Å². The Bertz CT molecular complexity index is 1410. The van der Waals surface area contributed by atoms with Crippen molar-refractivity contribution in [1.82, 2.24) is 18.8 Å². The monoisotopic (exact) mass is 559 g/mol. The number of nitrogens with zero attached hydrogens (tertiary/aromatic N) is 4. The number of carbonyl (C=O) groups excluding carboxylic acids is 1. The number of halogens is 1. The molecule has 9 nitrogen and oxygen atoms in total. The van der Waals surface area contributed by atoms with Gasteiger partial charge in [-0.25, -0.2) is 13.4 Å². The summed E-state index contributed by atoms with van der Waals surface area (Å²) >= 11 is 6.02. The van der Waals surface area contributed by atoms with E-state index in [1.165, 1.54) is 16.4 Å². The van der Waals surface area contributed by atoms with Crippen LogP contribution in [0.1, 0.15) is 31.0 Å². The van der Waals surface area contributed by atoms with Crippen LogP contribution in [0, 0.1) is 5.92 Å². The molecule has 0 radical (unpaired) electrons. The molecule has 2 N–H and O–H groups in total. The van der Waals surface area contributed by atoms with E-state index in [1.807, 2.05) is 23.1 Å². The number of piperidine rings is 1. The average Bonchev–Trinajstić information content (AvgIpc) is 3.50. The predicted octanol–water partition coefficient (Wildman–Crippen LogP) is 3.08. The molecule has 204 valence electrons. The molecule has 0 saturated carbocycles. The number of likely N-dealkylation sites (tertiary alicyclic amines) is 1. The van der Waals surface area contributed by atoms with Gasteiger partial charge in [-0.15, -0.1) is 0 Å². The molecular weight excluding hydrogens is 526 g/mol. The van der Waals surface area contributed by atoms with Crippen LogP contribution in [0.2, 0.25) is 5.02 Å². The van der Waals surface area contributed by atoms with Crippen LogP contribution in [0.4, 0.5) is 0 Å². The van der Waals surface area contributed by atoms with Crippen molar-refractivity contribution in [2.45, 2.75) is 42.7 Å². The molecule has 2 fully saturated rings. The van der Waals surface area contributed by atoms with Crippen molar-refractivity contribution in [3.63, 3.8) is 0 Å². The summed E-state index contributed by atoms with van der Waals surface area (Å²) in [5, 5.41) is 0.342. The number of aryl methyl sites for hydroxylation is 1. The fourth-order valence-electron chi connectivity index (χ4n) is 5.66. The van der Waals surface area contributed by atoms with Crippen LogP contribution in [-0.4, -0.2) is 79.0 Å². The molecule has 2 saturated heterocycles. The lowest BCUT2D eigenvalue weighted by molar-refractivity contribution is -0.136. The third kappa shape index (κ3) is 5.33. The molecule has 2 aliphatic rings. The van der Waals surface area contributed by atoms with E-state index in [0.717, 1.165) is 42.7 Å². The fourth-order valence-corrected chi connectivity index (χ4v) is 7.46. The zero-order valence-corrected chi connectivity index (χ0v) is 23.1. The second-order valence-corrected chi connectivity index (χ2v) is 12.5. The Kier molecular flexibility index (Phi) is 8.06. The highest BCUT2D eigenvalue weighted by Crippen LogP contribution is 2.32. The zero-order valence-electron chi connectivity index (χ0n) is 21.5. The molecular formula is C27H34ClN5O4S. The second-order valence-electron chi connectivity index (χ2n) is 10.1. The van der Waals surface area contributed by atoms with Crippen LogP contribution in [0.15, 0.2) is 53.4 Å². The molecule has 2 aliphatic heterocycles. The SMILES string of the molecule is COCCCn1c(C2CCCN(C(=O)[C@@H]3CN(S(=O)(=O)c4cccc(Cl)c4)C[C@H]3N)C2)nc2ccccc21. The number of imidazole rings is 1. The number of carbonyl (C=O) groups is 1. The van der Waals surface area contributed by atoms with E-state index in [-0.39, 0.29) is 29.8 Å². The van der Waals surface area contributed by atoms with Gasteiger partial charge in [0.15, 0.2) is 0 Å². The summed E-state index contributed by atoms with van der Waals surface area (Å²) in [6, 6.07) is 13.7. The number of methoxy groups -OCH3 is 1. The van der Waals surface area contributed by atoms with Crippen molar-refractivity contribution in [3.8, 4) is 0 Å². The molecule has 38 heavy (non-hydrogen) atoms. The Morgan fingerprint density at radius 2 is 1.97 bits per heavy atom. The number of hydrogen-bond acceptors (Lipinski definition) is 6. The van der Waals surface area contributed by atoms with Crippen molar-refractivity contribution < 1.29 is 17.9 Å².